The number of aromatic nitrogens is 3. The van der Waals surface area contributed by atoms with E-state index in [1.54, 1.807) is 0 Å². The summed E-state index contributed by atoms with van der Waals surface area (Å²) in [6.07, 6.45) is 4.00. The molecule has 4 aliphatic rings. The number of anilines is 1. The average molecular weight is 658 g/mol. The van der Waals surface area contributed by atoms with E-state index in [1.165, 1.54) is 21.6 Å². The second-order valence-electron chi connectivity index (χ2n) is 15.8. The SMILES string of the molecule is Cc1cc(N2CC[C@](C)(c3ccccc3)C2)cn2nc(C34CC(CO[Si](c5ccccc5)(c5ccccc5)C(C)(C)C)(CO3)C4N)nc12. The minimum Gasteiger partial charge on any atom is -0.407 e. The highest BCUT2D eigenvalue weighted by Gasteiger charge is 2.72. The predicted molar refractivity (Wildman–Crippen MR) is 195 cm³/mol. The molecular formula is C40H47N5O2Si. The Morgan fingerprint density at radius 2 is 1.58 bits per heavy atom. The summed E-state index contributed by atoms with van der Waals surface area (Å²) in [6.45, 7) is 14.5. The molecule has 3 saturated heterocycles. The third-order valence-electron chi connectivity index (χ3n) is 11.7. The largest absolute Gasteiger partial charge is 0.407 e. The van der Waals surface area contributed by atoms with Gasteiger partial charge < -0.3 is 19.8 Å². The van der Waals surface area contributed by atoms with Crippen LogP contribution >= 0.6 is 0 Å². The lowest BCUT2D eigenvalue weighted by atomic mass is 9.58. The summed E-state index contributed by atoms with van der Waals surface area (Å²) >= 11 is 0. The maximum atomic E-state index is 7.37. The molecule has 2 aromatic heterocycles. The van der Waals surface area contributed by atoms with E-state index in [0.717, 1.165) is 37.1 Å². The molecule has 248 valence electrons. The molecule has 5 aromatic rings. The van der Waals surface area contributed by atoms with E-state index in [1.807, 2.05) is 4.52 Å². The summed E-state index contributed by atoms with van der Waals surface area (Å²) in [7, 11) is -2.71. The van der Waals surface area contributed by atoms with E-state index in [-0.39, 0.29) is 21.9 Å². The molecule has 5 heterocycles. The van der Waals surface area contributed by atoms with Gasteiger partial charge in [-0.3, -0.25) is 0 Å². The molecule has 1 saturated carbocycles. The van der Waals surface area contributed by atoms with Crippen molar-refractivity contribution in [3.63, 3.8) is 0 Å². The van der Waals surface area contributed by atoms with Crippen LogP contribution in [-0.2, 0) is 20.2 Å². The van der Waals surface area contributed by atoms with E-state index in [2.05, 4.69) is 143 Å². The first-order chi connectivity index (χ1) is 23.0. The lowest BCUT2D eigenvalue weighted by molar-refractivity contribution is -0.0617. The van der Waals surface area contributed by atoms with Crippen LogP contribution in [0.4, 0.5) is 5.69 Å². The van der Waals surface area contributed by atoms with Gasteiger partial charge in [-0.05, 0) is 52.4 Å². The Morgan fingerprint density at radius 1 is 0.958 bits per heavy atom. The van der Waals surface area contributed by atoms with Crippen molar-refractivity contribution in [1.29, 1.82) is 0 Å². The topological polar surface area (TPSA) is 77.9 Å². The number of hydrogen-bond donors (Lipinski definition) is 1. The summed E-state index contributed by atoms with van der Waals surface area (Å²) in [4.78, 5) is 7.55. The Bertz CT molecular complexity index is 1910. The smallest absolute Gasteiger partial charge is 0.261 e. The van der Waals surface area contributed by atoms with Crippen LogP contribution in [0.5, 0.6) is 0 Å². The number of hydrogen-bond acceptors (Lipinski definition) is 6. The number of rotatable bonds is 8. The molecule has 7 nitrogen and oxygen atoms in total. The van der Waals surface area contributed by atoms with Gasteiger partial charge in [0.05, 0.1) is 24.5 Å². The second kappa shape index (κ2) is 11.1. The van der Waals surface area contributed by atoms with Gasteiger partial charge in [0.1, 0.15) is 5.60 Å². The zero-order valence-corrected chi connectivity index (χ0v) is 29.8. The summed E-state index contributed by atoms with van der Waals surface area (Å²) in [6, 6.07) is 34.5. The quantitative estimate of drug-likeness (QED) is 0.215. The lowest BCUT2D eigenvalue weighted by Crippen LogP contribution is -2.70. The first kappa shape index (κ1) is 31.4. The monoisotopic (exact) mass is 657 g/mol. The fourth-order valence-electron chi connectivity index (χ4n) is 8.88. The molecule has 0 spiro atoms. The molecule has 8 heteroatoms. The van der Waals surface area contributed by atoms with Gasteiger partial charge in [-0.2, -0.15) is 0 Å². The molecule has 4 fully saturated rings. The Balaban J connectivity index is 1.06. The predicted octanol–water partition coefficient (Wildman–Crippen LogP) is 5.73. The fraction of sp³-hybridized carbons (Fsp3) is 0.400. The van der Waals surface area contributed by atoms with Crippen LogP contribution in [0, 0.1) is 12.3 Å². The molecule has 3 aromatic carbocycles. The third-order valence-corrected chi connectivity index (χ3v) is 16.7. The van der Waals surface area contributed by atoms with Crippen molar-refractivity contribution >= 4 is 30.0 Å². The number of benzene rings is 3. The highest BCUT2D eigenvalue weighted by atomic mass is 28.4. The molecule has 48 heavy (non-hydrogen) atoms. The zero-order chi connectivity index (χ0) is 33.4. The van der Waals surface area contributed by atoms with Gasteiger partial charge in [-0.1, -0.05) is 119 Å². The molecular weight excluding hydrogens is 611 g/mol. The minimum absolute atomic E-state index is 0.108. The van der Waals surface area contributed by atoms with Gasteiger partial charge in [0.2, 0.25) is 0 Å². The Morgan fingerprint density at radius 3 is 2.19 bits per heavy atom. The standard InChI is InChI=1S/C40H47N5O2Si/c1-29-23-31(44-22-21-38(5,26-44)30-15-9-6-10-16-30)24-45-34(29)42-36(43-45)40-25-39(27-46-40,35(40)41)28-47-48(37(2,3)4,32-17-11-7-12-18-32)33-19-13-8-14-20-33/h6-20,23-24,35H,21-22,25-28,41H2,1-5H3/t35?,38-,39?,40?/m0/s1. The Labute approximate surface area is 285 Å². The Hall–Kier alpha value is -3.82. The number of nitrogens with two attached hydrogens (primary N) is 1. The van der Waals surface area contributed by atoms with Crippen molar-refractivity contribution in [2.75, 3.05) is 31.2 Å². The number of pyridine rings is 1. The molecule has 4 atom stereocenters. The molecule has 0 amide bonds. The van der Waals surface area contributed by atoms with E-state index >= 15 is 0 Å². The van der Waals surface area contributed by atoms with Crippen LogP contribution < -0.4 is 21.0 Å². The summed E-state index contributed by atoms with van der Waals surface area (Å²) in [5, 5.41) is 7.49. The fourth-order valence-corrected chi connectivity index (χ4v) is 13.5. The van der Waals surface area contributed by atoms with Crippen molar-refractivity contribution in [2.45, 2.75) is 69.6 Å². The van der Waals surface area contributed by atoms with Gasteiger partial charge in [-0.25, -0.2) is 9.50 Å². The molecule has 1 aliphatic carbocycles. The lowest BCUT2D eigenvalue weighted by Gasteiger charge is -2.51. The van der Waals surface area contributed by atoms with Crippen LogP contribution in [0.3, 0.4) is 0 Å². The highest BCUT2D eigenvalue weighted by Crippen LogP contribution is 2.62. The molecule has 3 aliphatic heterocycles. The van der Waals surface area contributed by atoms with E-state index in [4.69, 9.17) is 25.0 Å². The maximum Gasteiger partial charge on any atom is 0.261 e. The van der Waals surface area contributed by atoms with Crippen molar-refractivity contribution in [1.82, 2.24) is 14.6 Å². The van der Waals surface area contributed by atoms with Crippen molar-refractivity contribution in [3.8, 4) is 0 Å². The van der Waals surface area contributed by atoms with Crippen molar-refractivity contribution < 1.29 is 9.16 Å². The van der Waals surface area contributed by atoms with Crippen LogP contribution in [0.1, 0.15) is 57.5 Å². The number of ether oxygens (including phenoxy) is 1. The van der Waals surface area contributed by atoms with Gasteiger partial charge in [-0.15, -0.1) is 5.10 Å². The third kappa shape index (κ3) is 4.64. The minimum atomic E-state index is -2.71. The van der Waals surface area contributed by atoms with Gasteiger partial charge in [0.25, 0.3) is 8.32 Å². The highest BCUT2D eigenvalue weighted by molar-refractivity contribution is 6.99. The average Bonchev–Trinajstić information content (AvgIpc) is 3.87. The van der Waals surface area contributed by atoms with Crippen molar-refractivity contribution in [2.24, 2.45) is 11.1 Å². The summed E-state index contributed by atoms with van der Waals surface area (Å²) in [5.41, 5.74) is 10.8. The molecule has 3 unspecified atom stereocenters. The van der Waals surface area contributed by atoms with E-state index < -0.39 is 13.9 Å². The summed E-state index contributed by atoms with van der Waals surface area (Å²) < 4.78 is 15.9. The van der Waals surface area contributed by atoms with Crippen LogP contribution in [0.25, 0.3) is 5.65 Å². The van der Waals surface area contributed by atoms with Crippen LogP contribution in [-0.4, -0.2) is 55.3 Å². The molecule has 2 N–H and O–H groups in total. The van der Waals surface area contributed by atoms with Crippen LogP contribution in [0.15, 0.2) is 103 Å². The summed E-state index contributed by atoms with van der Waals surface area (Å²) in [5.74, 6) is 0.685. The number of nitrogens with zero attached hydrogens (tertiary/aromatic N) is 4. The first-order valence-electron chi connectivity index (χ1n) is 17.3. The van der Waals surface area contributed by atoms with Gasteiger partial charge >= 0.3 is 0 Å². The molecule has 0 radical (unpaired) electrons. The van der Waals surface area contributed by atoms with Gasteiger partial charge in [0.15, 0.2) is 11.5 Å². The van der Waals surface area contributed by atoms with Crippen molar-refractivity contribution in [3.05, 3.63) is 120 Å². The molecule has 2 bridgehead atoms. The normalized spacial score (nSPS) is 27.0. The maximum absolute atomic E-state index is 7.37. The second-order valence-corrected chi connectivity index (χ2v) is 20.1. The van der Waals surface area contributed by atoms with Crippen LogP contribution in [0.2, 0.25) is 5.04 Å². The van der Waals surface area contributed by atoms with Gasteiger partial charge in [0, 0.05) is 30.5 Å². The Kier molecular flexibility index (Phi) is 7.27. The molecule has 9 rings (SSSR count). The number of fused-ring (bicyclic) bond motifs is 2. The van der Waals surface area contributed by atoms with E-state index in [9.17, 15) is 0 Å². The number of aryl methyl sites for hydroxylation is 1. The first-order valence-corrected chi connectivity index (χ1v) is 19.2. The van der Waals surface area contributed by atoms with E-state index in [0.29, 0.717) is 19.0 Å². The zero-order valence-electron chi connectivity index (χ0n) is 28.8.